The van der Waals surface area contributed by atoms with Crippen LogP contribution in [0.25, 0.3) is 0 Å². The first-order valence-electron chi connectivity index (χ1n) is 5.41. The van der Waals surface area contributed by atoms with Crippen LogP contribution in [0.5, 0.6) is 0 Å². The summed E-state index contributed by atoms with van der Waals surface area (Å²) in [6, 6.07) is 0. The first-order valence-corrected chi connectivity index (χ1v) is 5.41. The molecule has 1 nitrogen and oxygen atoms in total. The van der Waals surface area contributed by atoms with E-state index in [9.17, 15) is 5.11 Å². The van der Waals surface area contributed by atoms with Crippen molar-refractivity contribution in [1.82, 2.24) is 0 Å². The second-order valence-electron chi connectivity index (χ2n) is 5.10. The van der Waals surface area contributed by atoms with Crippen molar-refractivity contribution in [3.63, 3.8) is 0 Å². The topological polar surface area (TPSA) is 20.2 Å². The average molecular weight is 194 g/mol. The Kier molecular flexibility index (Phi) is 3.20. The Morgan fingerprint density at radius 2 is 2.07 bits per heavy atom. The minimum Gasteiger partial charge on any atom is -0.389 e. The van der Waals surface area contributed by atoms with Gasteiger partial charge in [0.25, 0.3) is 0 Å². The highest BCUT2D eigenvalue weighted by molar-refractivity contribution is 5.35. The van der Waals surface area contributed by atoms with Gasteiger partial charge in [0, 0.05) is 0 Å². The summed E-state index contributed by atoms with van der Waals surface area (Å²) in [7, 11) is 0. The summed E-state index contributed by atoms with van der Waals surface area (Å²) < 4.78 is 0. The van der Waals surface area contributed by atoms with E-state index in [1.165, 1.54) is 17.6 Å². The maximum atomic E-state index is 9.41. The highest BCUT2D eigenvalue weighted by atomic mass is 16.3. The van der Waals surface area contributed by atoms with E-state index < -0.39 is 0 Å². The minimum absolute atomic E-state index is 0.320. The van der Waals surface area contributed by atoms with E-state index in [2.05, 4.69) is 26.8 Å². The van der Waals surface area contributed by atoms with Gasteiger partial charge < -0.3 is 5.11 Å². The maximum absolute atomic E-state index is 9.41. The fourth-order valence-electron chi connectivity index (χ4n) is 1.83. The van der Waals surface area contributed by atoms with E-state index in [-0.39, 0.29) is 6.10 Å². The summed E-state index contributed by atoms with van der Waals surface area (Å²) in [5.74, 6) is 0. The summed E-state index contributed by atoms with van der Waals surface area (Å²) in [6.07, 6.45) is 4.23. The number of aliphatic hydroxyl groups excluding tert-OH is 1. The standard InChI is InChI=1S/C13H22O/c1-9(11(3)14)8-12-6-7-13(4,5)10(12)2/h8,11,14H,6-7H2,1-5H3/b9-8+. The molecule has 0 aromatic carbocycles. The Balaban J connectivity index is 2.91. The number of hydrogen-bond donors (Lipinski definition) is 1. The SMILES string of the molecule is CC1=C(/C=C(\C)C(C)O)CCC1(C)C. The lowest BCUT2D eigenvalue weighted by molar-refractivity contribution is 0.231. The molecule has 1 atom stereocenters. The first-order chi connectivity index (χ1) is 6.34. The predicted octanol–water partition coefficient (Wildman–Crippen LogP) is 3.45. The van der Waals surface area contributed by atoms with Gasteiger partial charge in [0.1, 0.15) is 0 Å². The average Bonchev–Trinajstić information content (AvgIpc) is 2.32. The van der Waals surface area contributed by atoms with Crippen molar-refractivity contribution in [3.05, 3.63) is 22.8 Å². The summed E-state index contributed by atoms with van der Waals surface area (Å²) in [4.78, 5) is 0. The van der Waals surface area contributed by atoms with Gasteiger partial charge in [0.05, 0.1) is 6.10 Å². The van der Waals surface area contributed by atoms with Gasteiger partial charge in [-0.3, -0.25) is 0 Å². The number of rotatable bonds is 2. The van der Waals surface area contributed by atoms with Gasteiger partial charge >= 0.3 is 0 Å². The predicted molar refractivity (Wildman–Crippen MR) is 61.2 cm³/mol. The number of hydrogen-bond acceptors (Lipinski definition) is 1. The van der Waals surface area contributed by atoms with Crippen LogP contribution in [0.1, 0.15) is 47.5 Å². The second-order valence-corrected chi connectivity index (χ2v) is 5.10. The van der Waals surface area contributed by atoms with Gasteiger partial charge in [-0.1, -0.05) is 25.5 Å². The quantitative estimate of drug-likeness (QED) is 0.714. The lowest BCUT2D eigenvalue weighted by Crippen LogP contribution is -2.07. The lowest BCUT2D eigenvalue weighted by atomic mass is 9.86. The molecule has 0 radical (unpaired) electrons. The molecule has 0 saturated heterocycles. The molecule has 0 aliphatic heterocycles. The van der Waals surface area contributed by atoms with Crippen LogP contribution < -0.4 is 0 Å². The van der Waals surface area contributed by atoms with Crippen molar-refractivity contribution in [2.45, 2.75) is 53.6 Å². The minimum atomic E-state index is -0.320. The monoisotopic (exact) mass is 194 g/mol. The zero-order valence-electron chi connectivity index (χ0n) is 10.0. The smallest absolute Gasteiger partial charge is 0.0722 e. The Bertz CT molecular complexity index is 280. The molecular formula is C13H22O. The van der Waals surface area contributed by atoms with E-state index in [1.807, 2.05) is 13.8 Å². The second kappa shape index (κ2) is 3.90. The van der Waals surface area contributed by atoms with E-state index in [0.29, 0.717) is 5.41 Å². The zero-order valence-corrected chi connectivity index (χ0v) is 10.0. The van der Waals surface area contributed by atoms with Gasteiger partial charge in [-0.2, -0.15) is 0 Å². The van der Waals surface area contributed by atoms with E-state index in [0.717, 1.165) is 12.0 Å². The van der Waals surface area contributed by atoms with Gasteiger partial charge in [-0.05, 0) is 50.2 Å². The molecular weight excluding hydrogens is 172 g/mol. The van der Waals surface area contributed by atoms with Crippen LogP contribution in [0, 0.1) is 5.41 Å². The molecule has 14 heavy (non-hydrogen) atoms. The molecule has 1 unspecified atom stereocenters. The van der Waals surface area contributed by atoms with Gasteiger partial charge in [0.2, 0.25) is 0 Å². The summed E-state index contributed by atoms with van der Waals surface area (Å²) >= 11 is 0. The number of aliphatic hydroxyl groups is 1. The Labute approximate surface area is 87.5 Å². The first kappa shape index (κ1) is 11.5. The third-order valence-electron chi connectivity index (χ3n) is 3.58. The third-order valence-corrected chi connectivity index (χ3v) is 3.58. The van der Waals surface area contributed by atoms with Crippen LogP contribution in [-0.2, 0) is 0 Å². The van der Waals surface area contributed by atoms with Gasteiger partial charge in [0.15, 0.2) is 0 Å². The molecule has 1 N–H and O–H groups in total. The van der Waals surface area contributed by atoms with Crippen LogP contribution in [0.4, 0.5) is 0 Å². The molecule has 1 aliphatic rings. The van der Waals surface area contributed by atoms with Gasteiger partial charge in [-0.25, -0.2) is 0 Å². The normalized spacial score (nSPS) is 24.3. The van der Waals surface area contributed by atoms with Crippen molar-refractivity contribution in [2.75, 3.05) is 0 Å². The lowest BCUT2D eigenvalue weighted by Gasteiger charge is -2.19. The molecule has 1 rings (SSSR count). The third kappa shape index (κ3) is 2.27. The van der Waals surface area contributed by atoms with E-state index in [4.69, 9.17) is 0 Å². The fraction of sp³-hybridized carbons (Fsp3) is 0.692. The molecule has 1 heteroatoms. The molecule has 0 saturated carbocycles. The Morgan fingerprint density at radius 3 is 2.43 bits per heavy atom. The van der Waals surface area contributed by atoms with Crippen molar-refractivity contribution < 1.29 is 5.11 Å². The highest BCUT2D eigenvalue weighted by Gasteiger charge is 2.28. The van der Waals surface area contributed by atoms with Crippen LogP contribution in [0.2, 0.25) is 0 Å². The van der Waals surface area contributed by atoms with Crippen molar-refractivity contribution in [3.8, 4) is 0 Å². The number of allylic oxidation sites excluding steroid dienone is 3. The van der Waals surface area contributed by atoms with Crippen molar-refractivity contribution in [2.24, 2.45) is 5.41 Å². The fourth-order valence-corrected chi connectivity index (χ4v) is 1.83. The molecule has 0 fully saturated rings. The molecule has 0 bridgehead atoms. The van der Waals surface area contributed by atoms with Crippen LogP contribution in [0.15, 0.2) is 22.8 Å². The summed E-state index contributed by atoms with van der Waals surface area (Å²) in [5, 5.41) is 9.41. The van der Waals surface area contributed by atoms with Crippen molar-refractivity contribution in [1.29, 1.82) is 0 Å². The molecule has 1 aliphatic carbocycles. The zero-order chi connectivity index (χ0) is 10.9. The summed E-state index contributed by atoms with van der Waals surface area (Å²) in [6.45, 7) is 10.6. The summed E-state index contributed by atoms with van der Waals surface area (Å²) in [5.41, 5.74) is 4.33. The van der Waals surface area contributed by atoms with Crippen LogP contribution in [0.3, 0.4) is 0 Å². The molecule has 0 spiro atoms. The molecule has 0 aromatic heterocycles. The largest absolute Gasteiger partial charge is 0.389 e. The van der Waals surface area contributed by atoms with Crippen molar-refractivity contribution >= 4 is 0 Å². The van der Waals surface area contributed by atoms with E-state index in [1.54, 1.807) is 0 Å². The van der Waals surface area contributed by atoms with Crippen LogP contribution in [-0.4, -0.2) is 11.2 Å². The van der Waals surface area contributed by atoms with Gasteiger partial charge in [-0.15, -0.1) is 0 Å². The molecule has 0 heterocycles. The highest BCUT2D eigenvalue weighted by Crippen LogP contribution is 2.42. The molecule has 0 aromatic rings. The van der Waals surface area contributed by atoms with E-state index >= 15 is 0 Å². The molecule has 80 valence electrons. The Morgan fingerprint density at radius 1 is 1.50 bits per heavy atom. The Hall–Kier alpha value is -0.560. The molecule has 0 amide bonds. The van der Waals surface area contributed by atoms with Crippen LogP contribution >= 0.6 is 0 Å². The maximum Gasteiger partial charge on any atom is 0.0722 e.